The molecule has 0 aliphatic heterocycles. The van der Waals surface area contributed by atoms with Crippen molar-refractivity contribution < 1.29 is 9.59 Å². The van der Waals surface area contributed by atoms with Crippen LogP contribution in [0, 0.1) is 0 Å². The maximum Gasteiger partial charge on any atom is 0.261 e. The molecule has 4 rings (SSSR count). The minimum absolute atomic E-state index is 0.00676. The van der Waals surface area contributed by atoms with Crippen molar-refractivity contribution in [3.8, 4) is 0 Å². The Morgan fingerprint density at radius 1 is 0.806 bits per heavy atom. The highest BCUT2D eigenvalue weighted by atomic mass is 16.2. The number of allylic oxidation sites excluding steroid dienone is 1. The van der Waals surface area contributed by atoms with Gasteiger partial charge in [0.25, 0.3) is 17.0 Å². The van der Waals surface area contributed by atoms with Crippen molar-refractivity contribution in [2.75, 3.05) is 17.2 Å². The molecule has 1 amide bonds. The first kappa shape index (κ1) is 24.5. The van der Waals surface area contributed by atoms with E-state index in [4.69, 9.17) is 0 Å². The summed E-state index contributed by atoms with van der Waals surface area (Å²) in [5, 5.41) is 5.11. The van der Waals surface area contributed by atoms with Gasteiger partial charge in [0.2, 0.25) is 0 Å². The van der Waals surface area contributed by atoms with Crippen LogP contribution in [-0.4, -0.2) is 23.2 Å². The van der Waals surface area contributed by atoms with Crippen molar-refractivity contribution in [2.45, 2.75) is 26.7 Å². The van der Waals surface area contributed by atoms with Gasteiger partial charge in [0, 0.05) is 29.3 Å². The van der Waals surface area contributed by atoms with E-state index in [0.717, 1.165) is 0 Å². The van der Waals surface area contributed by atoms with Gasteiger partial charge in [-0.05, 0) is 25.8 Å². The summed E-state index contributed by atoms with van der Waals surface area (Å²) in [4.78, 5) is 79.6. The smallest absolute Gasteiger partial charge is 0.261 e. The van der Waals surface area contributed by atoms with Crippen LogP contribution in [0.3, 0.4) is 0 Å². The zero-order valence-electron chi connectivity index (χ0n) is 19.8. The molecule has 3 aromatic carbocycles. The average Bonchev–Trinajstić information content (AvgIpc) is 3.14. The summed E-state index contributed by atoms with van der Waals surface area (Å²) in [5.74, 6) is -0.806. The summed E-state index contributed by atoms with van der Waals surface area (Å²) in [5.41, 5.74) is -2.40. The molecule has 36 heavy (non-hydrogen) atoms. The maximum absolute atomic E-state index is 13.7. The van der Waals surface area contributed by atoms with E-state index in [1.165, 1.54) is 19.1 Å². The number of hydrogen-bond acceptors (Lipinski definition) is 7. The zero-order valence-corrected chi connectivity index (χ0v) is 19.8. The van der Waals surface area contributed by atoms with Crippen LogP contribution in [0.15, 0.2) is 67.7 Å². The summed E-state index contributed by atoms with van der Waals surface area (Å²) >= 11 is 0. The van der Waals surface area contributed by atoms with Gasteiger partial charge in [-0.1, -0.05) is 37.4 Å². The average molecular weight is 485 g/mol. The fraction of sp³-hybridized carbons (Fsp3) is 0.185. The van der Waals surface area contributed by atoms with Crippen molar-refractivity contribution >= 4 is 55.4 Å². The van der Waals surface area contributed by atoms with E-state index in [-0.39, 0.29) is 68.0 Å². The largest absolute Gasteiger partial charge is 0.384 e. The standard InChI is InChI=1S/C27H23N3O6/c1-12(2)16(31)10-7-11-28-21-17-18(24(33)15-9-6-5-8-14(15)23(17)32)22(29-25(34)13(3)4)20-19(21)26(35)30-27(20)36/h5-6,8-9,28H,1,3,7,10-11H2,2,4H3,(H,29,34)(H,30,35,36). The van der Waals surface area contributed by atoms with Gasteiger partial charge in [-0.25, -0.2) is 0 Å². The van der Waals surface area contributed by atoms with Gasteiger partial charge >= 0.3 is 0 Å². The Balaban J connectivity index is 2.10. The third kappa shape index (κ3) is 3.94. The quantitative estimate of drug-likeness (QED) is 0.151. The van der Waals surface area contributed by atoms with E-state index in [0.29, 0.717) is 12.0 Å². The molecule has 0 radical (unpaired) electrons. The fourth-order valence-corrected chi connectivity index (χ4v) is 4.23. The molecule has 0 bridgehead atoms. The molecular weight excluding hydrogens is 462 g/mol. The van der Waals surface area contributed by atoms with E-state index in [1.54, 1.807) is 19.1 Å². The lowest BCUT2D eigenvalue weighted by molar-refractivity contribution is -0.115. The SMILES string of the molecule is C=C(C)C(=O)CCCNc1c2c(=O)[nH]c(=O)c2c(NC(=O)C(=C)C)c2c(=O)c3ccccc3c(=O)c12. The van der Waals surface area contributed by atoms with Crippen LogP contribution < -0.4 is 32.6 Å². The third-order valence-electron chi connectivity index (χ3n) is 6.04. The maximum atomic E-state index is 13.7. The first-order chi connectivity index (χ1) is 17.0. The highest BCUT2D eigenvalue weighted by molar-refractivity contribution is 6.24. The monoisotopic (exact) mass is 485 g/mol. The summed E-state index contributed by atoms with van der Waals surface area (Å²) in [6.07, 6.45) is 0.526. The molecule has 3 N–H and O–H groups in total. The summed E-state index contributed by atoms with van der Waals surface area (Å²) in [7, 11) is 0. The van der Waals surface area contributed by atoms with Crippen LogP contribution in [0.25, 0.3) is 32.3 Å². The van der Waals surface area contributed by atoms with Crippen molar-refractivity contribution in [3.05, 3.63) is 89.7 Å². The predicted octanol–water partition coefficient (Wildman–Crippen LogP) is 2.64. The molecule has 4 aromatic rings. The highest BCUT2D eigenvalue weighted by Gasteiger charge is 2.26. The van der Waals surface area contributed by atoms with Gasteiger partial charge in [-0.2, -0.15) is 0 Å². The molecule has 0 spiro atoms. The number of fused-ring (bicyclic) bond motifs is 3. The van der Waals surface area contributed by atoms with Crippen molar-refractivity contribution in [1.29, 1.82) is 0 Å². The highest BCUT2D eigenvalue weighted by Crippen LogP contribution is 2.35. The summed E-state index contributed by atoms with van der Waals surface area (Å²) in [6.45, 7) is 10.4. The molecule has 0 saturated heterocycles. The van der Waals surface area contributed by atoms with Crippen LogP contribution in [0.4, 0.5) is 11.4 Å². The van der Waals surface area contributed by atoms with Gasteiger partial charge < -0.3 is 10.6 Å². The predicted molar refractivity (Wildman–Crippen MR) is 142 cm³/mol. The number of benzene rings is 3. The number of carbonyl (C=O) groups is 2. The fourth-order valence-electron chi connectivity index (χ4n) is 4.23. The second kappa shape index (κ2) is 9.18. The number of anilines is 2. The van der Waals surface area contributed by atoms with Gasteiger partial charge in [-0.3, -0.25) is 33.8 Å². The normalized spacial score (nSPS) is 11.2. The van der Waals surface area contributed by atoms with E-state index >= 15 is 0 Å². The van der Waals surface area contributed by atoms with Crippen LogP contribution in [0.5, 0.6) is 0 Å². The number of aromatic nitrogens is 1. The van der Waals surface area contributed by atoms with Gasteiger partial charge in [0.1, 0.15) is 0 Å². The minimum Gasteiger partial charge on any atom is -0.384 e. The van der Waals surface area contributed by atoms with Crippen LogP contribution in [0.1, 0.15) is 26.7 Å². The Morgan fingerprint density at radius 3 is 1.86 bits per heavy atom. The Morgan fingerprint density at radius 2 is 1.33 bits per heavy atom. The van der Waals surface area contributed by atoms with E-state index in [1.807, 2.05) is 0 Å². The molecule has 9 heteroatoms. The Labute approximate surface area is 203 Å². The van der Waals surface area contributed by atoms with Gasteiger partial charge in [0.15, 0.2) is 16.6 Å². The van der Waals surface area contributed by atoms with Crippen LogP contribution in [0.2, 0.25) is 0 Å². The molecule has 0 fully saturated rings. The number of hydrogen-bond donors (Lipinski definition) is 3. The lowest BCUT2D eigenvalue weighted by Crippen LogP contribution is -2.21. The lowest BCUT2D eigenvalue weighted by atomic mass is 9.95. The molecule has 0 atom stereocenters. The lowest BCUT2D eigenvalue weighted by Gasteiger charge is -2.16. The number of amides is 1. The van der Waals surface area contributed by atoms with Gasteiger partial charge in [0.05, 0.1) is 32.9 Å². The molecule has 0 aliphatic rings. The van der Waals surface area contributed by atoms with E-state index < -0.39 is 27.9 Å². The third-order valence-corrected chi connectivity index (χ3v) is 6.04. The molecule has 0 unspecified atom stereocenters. The van der Waals surface area contributed by atoms with Crippen molar-refractivity contribution in [3.63, 3.8) is 0 Å². The number of carbonyl (C=O) groups excluding carboxylic acids is 2. The molecule has 0 aliphatic carbocycles. The van der Waals surface area contributed by atoms with E-state index in [9.17, 15) is 28.8 Å². The second-order valence-corrected chi connectivity index (χ2v) is 8.71. The summed E-state index contributed by atoms with van der Waals surface area (Å²) < 4.78 is 0. The molecule has 0 saturated carbocycles. The number of aromatic amines is 1. The number of Topliss-reactive ketones (excluding diaryl/α,β-unsaturated/α-hetero) is 1. The topological polar surface area (TPSA) is 142 Å². The number of H-pyrrole nitrogens is 1. The number of ketones is 1. The zero-order chi connectivity index (χ0) is 26.3. The van der Waals surface area contributed by atoms with E-state index in [2.05, 4.69) is 28.8 Å². The number of rotatable bonds is 8. The first-order valence-electron chi connectivity index (χ1n) is 11.2. The number of nitrogens with one attached hydrogen (secondary N) is 3. The van der Waals surface area contributed by atoms with Crippen LogP contribution >= 0.6 is 0 Å². The summed E-state index contributed by atoms with van der Waals surface area (Å²) in [6, 6.07) is 6.19. The van der Waals surface area contributed by atoms with Gasteiger partial charge in [-0.15, -0.1) is 0 Å². The molecule has 1 aromatic heterocycles. The minimum atomic E-state index is -0.811. The van der Waals surface area contributed by atoms with Crippen LogP contribution in [-0.2, 0) is 9.59 Å². The molecule has 1 heterocycles. The Kier molecular flexibility index (Phi) is 6.24. The molecular formula is C27H23N3O6. The first-order valence-corrected chi connectivity index (χ1v) is 11.2. The Hall–Kier alpha value is -4.66. The van der Waals surface area contributed by atoms with Crippen molar-refractivity contribution in [2.24, 2.45) is 0 Å². The molecule has 182 valence electrons. The second-order valence-electron chi connectivity index (χ2n) is 8.71. The van der Waals surface area contributed by atoms with Crippen molar-refractivity contribution in [1.82, 2.24) is 4.98 Å². The molecule has 9 nitrogen and oxygen atoms in total. The Bertz CT molecular complexity index is 1840.